The zero-order chi connectivity index (χ0) is 13.0. The predicted molar refractivity (Wildman–Crippen MR) is 70.4 cm³/mol. The third kappa shape index (κ3) is 3.21. The Morgan fingerprint density at radius 3 is 2.50 bits per heavy atom. The molecule has 18 heavy (non-hydrogen) atoms. The van der Waals surface area contributed by atoms with E-state index in [0.29, 0.717) is 11.4 Å². The van der Waals surface area contributed by atoms with Crippen LogP contribution in [0.3, 0.4) is 0 Å². The van der Waals surface area contributed by atoms with Gasteiger partial charge in [0.05, 0.1) is 11.9 Å². The van der Waals surface area contributed by atoms with E-state index in [2.05, 4.69) is 15.6 Å². The van der Waals surface area contributed by atoms with E-state index in [0.717, 1.165) is 12.1 Å². The van der Waals surface area contributed by atoms with Crippen molar-refractivity contribution >= 4 is 28.7 Å². The number of anilines is 2. The molecule has 2 rings (SSSR count). The van der Waals surface area contributed by atoms with E-state index in [9.17, 15) is 8.78 Å². The number of nitrogens with zero attached hydrogens (tertiary/aromatic N) is 1. The van der Waals surface area contributed by atoms with E-state index in [4.69, 9.17) is 12.2 Å². The van der Waals surface area contributed by atoms with E-state index in [1.165, 1.54) is 6.07 Å². The van der Waals surface area contributed by atoms with Gasteiger partial charge in [0.15, 0.2) is 16.7 Å². The third-order valence-corrected chi connectivity index (χ3v) is 2.30. The molecule has 0 amide bonds. The molecule has 2 aromatic rings. The van der Waals surface area contributed by atoms with Crippen molar-refractivity contribution in [3.8, 4) is 0 Å². The summed E-state index contributed by atoms with van der Waals surface area (Å²) in [4.78, 5) is 3.91. The van der Waals surface area contributed by atoms with Crippen molar-refractivity contribution in [3.05, 3.63) is 54.4 Å². The quantitative estimate of drug-likeness (QED) is 0.818. The lowest BCUT2D eigenvalue weighted by Crippen LogP contribution is -2.19. The molecule has 0 aliphatic heterocycles. The molecule has 0 aliphatic rings. The molecule has 0 bridgehead atoms. The van der Waals surface area contributed by atoms with Crippen LogP contribution in [0.15, 0.2) is 42.7 Å². The Labute approximate surface area is 108 Å². The lowest BCUT2D eigenvalue weighted by atomic mass is 10.3. The first-order valence-electron chi connectivity index (χ1n) is 5.08. The molecule has 2 N–H and O–H groups in total. The van der Waals surface area contributed by atoms with Crippen molar-refractivity contribution in [2.75, 3.05) is 10.6 Å². The van der Waals surface area contributed by atoms with Gasteiger partial charge in [0.1, 0.15) is 0 Å². The molecule has 1 heterocycles. The lowest BCUT2D eigenvalue weighted by molar-refractivity contribution is 0.509. The Bertz CT molecular complexity index is 561. The largest absolute Gasteiger partial charge is 0.332 e. The molecule has 1 aromatic carbocycles. The second kappa shape index (κ2) is 5.50. The van der Waals surface area contributed by atoms with Crippen molar-refractivity contribution in [2.45, 2.75) is 0 Å². The highest BCUT2D eigenvalue weighted by molar-refractivity contribution is 7.80. The topological polar surface area (TPSA) is 37.0 Å². The molecule has 6 heteroatoms. The summed E-state index contributed by atoms with van der Waals surface area (Å²) in [6, 6.07) is 7.00. The maximum absolute atomic E-state index is 13.0. The van der Waals surface area contributed by atoms with Gasteiger partial charge < -0.3 is 10.6 Å². The summed E-state index contributed by atoms with van der Waals surface area (Å²) < 4.78 is 25.7. The number of aromatic nitrogens is 1. The molecule has 0 spiro atoms. The molecule has 92 valence electrons. The standard InChI is InChI=1S/C12H9F2N3S/c13-10-4-3-8(6-11(10)14)16-12(18)17-9-2-1-5-15-7-9/h1-7H,(H2,16,17,18). The van der Waals surface area contributed by atoms with Gasteiger partial charge in [-0.3, -0.25) is 4.98 Å². The number of nitrogens with one attached hydrogen (secondary N) is 2. The number of pyridine rings is 1. The van der Waals surface area contributed by atoms with Gasteiger partial charge in [-0.05, 0) is 36.5 Å². The Kier molecular flexibility index (Phi) is 3.78. The Morgan fingerprint density at radius 2 is 1.83 bits per heavy atom. The highest BCUT2D eigenvalue weighted by Gasteiger charge is 2.04. The van der Waals surface area contributed by atoms with Crippen LogP contribution in [-0.2, 0) is 0 Å². The summed E-state index contributed by atoms with van der Waals surface area (Å²) in [7, 11) is 0. The average Bonchev–Trinajstić information content (AvgIpc) is 2.35. The van der Waals surface area contributed by atoms with Gasteiger partial charge in [-0.2, -0.15) is 0 Å². The van der Waals surface area contributed by atoms with Crippen LogP contribution in [0.2, 0.25) is 0 Å². The van der Waals surface area contributed by atoms with Gasteiger partial charge in [-0.15, -0.1) is 0 Å². The van der Waals surface area contributed by atoms with E-state index >= 15 is 0 Å². The molecule has 0 aliphatic carbocycles. The number of thiocarbonyl (C=S) groups is 1. The smallest absolute Gasteiger partial charge is 0.175 e. The van der Waals surface area contributed by atoms with Crippen LogP contribution in [0.25, 0.3) is 0 Å². The molecule has 0 radical (unpaired) electrons. The molecule has 0 saturated carbocycles. The van der Waals surface area contributed by atoms with Gasteiger partial charge in [0.2, 0.25) is 0 Å². The molecule has 0 saturated heterocycles. The zero-order valence-corrected chi connectivity index (χ0v) is 9.97. The minimum absolute atomic E-state index is 0.272. The summed E-state index contributed by atoms with van der Waals surface area (Å²) in [5.41, 5.74) is 1.08. The van der Waals surface area contributed by atoms with Crippen LogP contribution in [0, 0.1) is 11.6 Å². The third-order valence-electron chi connectivity index (χ3n) is 2.10. The fourth-order valence-corrected chi connectivity index (χ4v) is 1.54. The number of benzene rings is 1. The molecule has 0 unspecified atom stereocenters. The summed E-state index contributed by atoms with van der Waals surface area (Å²) >= 11 is 5.03. The zero-order valence-electron chi connectivity index (χ0n) is 9.15. The molecule has 0 fully saturated rings. The van der Waals surface area contributed by atoms with E-state index in [-0.39, 0.29) is 5.11 Å². The fraction of sp³-hybridized carbons (Fsp3) is 0. The van der Waals surface area contributed by atoms with Gasteiger partial charge >= 0.3 is 0 Å². The fourth-order valence-electron chi connectivity index (χ4n) is 1.30. The first kappa shape index (κ1) is 12.4. The van der Waals surface area contributed by atoms with E-state index < -0.39 is 11.6 Å². The molecular weight excluding hydrogens is 256 g/mol. The first-order valence-corrected chi connectivity index (χ1v) is 5.49. The molecule has 0 atom stereocenters. The van der Waals surface area contributed by atoms with Crippen LogP contribution < -0.4 is 10.6 Å². The van der Waals surface area contributed by atoms with Crippen molar-refractivity contribution in [1.29, 1.82) is 0 Å². The van der Waals surface area contributed by atoms with Gasteiger partial charge in [-0.1, -0.05) is 0 Å². The van der Waals surface area contributed by atoms with Crippen molar-refractivity contribution in [1.82, 2.24) is 4.98 Å². The van der Waals surface area contributed by atoms with Crippen LogP contribution in [0.4, 0.5) is 20.2 Å². The van der Waals surface area contributed by atoms with Crippen molar-refractivity contribution in [3.63, 3.8) is 0 Å². The Morgan fingerprint density at radius 1 is 1.06 bits per heavy atom. The van der Waals surface area contributed by atoms with Crippen molar-refractivity contribution < 1.29 is 8.78 Å². The number of hydrogen-bond donors (Lipinski definition) is 2. The van der Waals surface area contributed by atoms with Gasteiger partial charge in [0.25, 0.3) is 0 Å². The predicted octanol–water partition coefficient (Wildman–Crippen LogP) is 3.17. The monoisotopic (exact) mass is 265 g/mol. The number of hydrogen-bond acceptors (Lipinski definition) is 2. The maximum atomic E-state index is 13.0. The molecular formula is C12H9F2N3S. The summed E-state index contributed by atoms with van der Waals surface area (Å²) in [6.45, 7) is 0. The maximum Gasteiger partial charge on any atom is 0.175 e. The van der Waals surface area contributed by atoms with Crippen LogP contribution in [0.5, 0.6) is 0 Å². The van der Waals surface area contributed by atoms with E-state index in [1.807, 2.05) is 0 Å². The van der Waals surface area contributed by atoms with Crippen molar-refractivity contribution in [2.24, 2.45) is 0 Å². The minimum Gasteiger partial charge on any atom is -0.332 e. The van der Waals surface area contributed by atoms with Crippen LogP contribution >= 0.6 is 12.2 Å². The summed E-state index contributed by atoms with van der Waals surface area (Å²) in [6.07, 6.45) is 3.23. The normalized spacial score (nSPS) is 9.89. The SMILES string of the molecule is Fc1ccc(NC(=S)Nc2cccnc2)cc1F. The number of rotatable bonds is 2. The first-order chi connectivity index (χ1) is 8.65. The van der Waals surface area contributed by atoms with Crippen LogP contribution in [-0.4, -0.2) is 10.1 Å². The van der Waals surface area contributed by atoms with E-state index in [1.54, 1.807) is 24.5 Å². The Balaban J connectivity index is 2.01. The summed E-state index contributed by atoms with van der Waals surface area (Å²) in [5, 5.41) is 5.88. The van der Waals surface area contributed by atoms with Gasteiger partial charge in [0, 0.05) is 18.0 Å². The average molecular weight is 265 g/mol. The Hall–Kier alpha value is -2.08. The van der Waals surface area contributed by atoms with Gasteiger partial charge in [-0.25, -0.2) is 8.78 Å². The van der Waals surface area contributed by atoms with Crippen LogP contribution in [0.1, 0.15) is 0 Å². The highest BCUT2D eigenvalue weighted by atomic mass is 32.1. The lowest BCUT2D eigenvalue weighted by Gasteiger charge is -2.10. The second-order valence-corrected chi connectivity index (χ2v) is 3.86. The number of halogens is 2. The minimum atomic E-state index is -0.927. The molecule has 3 nitrogen and oxygen atoms in total. The summed E-state index contributed by atoms with van der Waals surface area (Å²) in [5.74, 6) is -1.82. The second-order valence-electron chi connectivity index (χ2n) is 3.45. The highest BCUT2D eigenvalue weighted by Crippen LogP contribution is 2.13. The molecule has 1 aromatic heterocycles.